The van der Waals surface area contributed by atoms with Crippen molar-refractivity contribution in [2.45, 2.75) is 19.9 Å². The average Bonchev–Trinajstić information content (AvgIpc) is 2.44. The summed E-state index contributed by atoms with van der Waals surface area (Å²) < 4.78 is 26.6. The number of hydrogen-bond donors (Lipinski definition) is 2. The molecule has 0 fully saturated rings. The van der Waals surface area contributed by atoms with Crippen LogP contribution >= 0.6 is 0 Å². The van der Waals surface area contributed by atoms with Crippen LogP contribution in [0.2, 0.25) is 0 Å². The first-order valence-electron chi connectivity index (χ1n) is 6.36. The number of primary amides is 1. The van der Waals surface area contributed by atoms with E-state index in [1.165, 1.54) is 18.2 Å². The van der Waals surface area contributed by atoms with Gasteiger partial charge >= 0.3 is 0 Å². The molecule has 110 valence electrons. The van der Waals surface area contributed by atoms with Crippen LogP contribution in [0.5, 0.6) is 0 Å². The van der Waals surface area contributed by atoms with Crippen molar-refractivity contribution in [1.82, 2.24) is 4.98 Å². The number of hydrogen-bond acceptors (Lipinski definition) is 3. The van der Waals surface area contributed by atoms with Gasteiger partial charge in [-0.25, -0.2) is 8.78 Å². The highest BCUT2D eigenvalue weighted by Gasteiger charge is 2.13. The van der Waals surface area contributed by atoms with Crippen molar-refractivity contribution in [3.05, 3.63) is 58.9 Å². The van der Waals surface area contributed by atoms with Crippen molar-refractivity contribution < 1.29 is 13.6 Å². The molecule has 0 aliphatic rings. The number of carbonyl (C=O) groups is 1. The molecule has 1 aromatic carbocycles. The predicted octanol–water partition coefficient (Wildman–Crippen LogP) is 2.94. The third-order valence-corrected chi connectivity index (χ3v) is 3.19. The van der Waals surface area contributed by atoms with Gasteiger partial charge in [-0.1, -0.05) is 0 Å². The lowest BCUT2D eigenvalue weighted by Crippen LogP contribution is -2.14. The van der Waals surface area contributed by atoms with Crippen LogP contribution in [0.1, 0.15) is 34.6 Å². The Morgan fingerprint density at radius 2 is 2.05 bits per heavy atom. The topological polar surface area (TPSA) is 68.0 Å². The molecule has 0 spiro atoms. The van der Waals surface area contributed by atoms with Crippen LogP contribution in [0.15, 0.2) is 30.5 Å². The number of pyridine rings is 1. The maximum Gasteiger partial charge on any atom is 0.248 e. The van der Waals surface area contributed by atoms with Crippen LogP contribution in [0, 0.1) is 18.6 Å². The molecule has 0 saturated heterocycles. The third kappa shape index (κ3) is 3.34. The molecule has 0 bridgehead atoms. The number of aromatic nitrogens is 1. The Labute approximate surface area is 121 Å². The maximum atomic E-state index is 13.8. The SMILES string of the molecule is Cc1c(F)cc(C(N)=O)cc1NC(C)c1ccc(F)cn1. The van der Waals surface area contributed by atoms with Gasteiger partial charge in [0.25, 0.3) is 0 Å². The molecule has 1 amide bonds. The lowest BCUT2D eigenvalue weighted by atomic mass is 10.1. The highest BCUT2D eigenvalue weighted by atomic mass is 19.1. The van der Waals surface area contributed by atoms with Crippen LogP contribution in [-0.2, 0) is 0 Å². The number of amides is 1. The number of nitrogens with one attached hydrogen (secondary N) is 1. The molecule has 2 rings (SSSR count). The standard InChI is InChI=1S/C15H15F2N3O/c1-8-12(17)5-10(15(18)21)6-14(8)20-9(2)13-4-3-11(16)7-19-13/h3-7,9,20H,1-2H3,(H2,18,21). The first kappa shape index (κ1) is 14.9. The largest absolute Gasteiger partial charge is 0.377 e. The van der Waals surface area contributed by atoms with Crippen molar-refractivity contribution in [2.75, 3.05) is 5.32 Å². The highest BCUT2D eigenvalue weighted by molar-refractivity contribution is 5.94. The zero-order valence-corrected chi connectivity index (χ0v) is 11.7. The van der Waals surface area contributed by atoms with Gasteiger partial charge in [-0.2, -0.15) is 0 Å². The second kappa shape index (κ2) is 5.87. The van der Waals surface area contributed by atoms with E-state index in [9.17, 15) is 13.6 Å². The van der Waals surface area contributed by atoms with E-state index in [1.807, 2.05) is 0 Å². The molecule has 0 aliphatic heterocycles. The number of nitrogens with zero attached hydrogens (tertiary/aromatic N) is 1. The molecule has 3 N–H and O–H groups in total. The Morgan fingerprint density at radius 1 is 1.33 bits per heavy atom. The van der Waals surface area contributed by atoms with Gasteiger partial charge in [-0.3, -0.25) is 9.78 Å². The zero-order valence-electron chi connectivity index (χ0n) is 11.7. The van der Waals surface area contributed by atoms with E-state index in [4.69, 9.17) is 5.73 Å². The summed E-state index contributed by atoms with van der Waals surface area (Å²) in [5.41, 5.74) is 6.67. The lowest BCUT2D eigenvalue weighted by Gasteiger charge is -2.17. The molecule has 1 unspecified atom stereocenters. The van der Waals surface area contributed by atoms with Gasteiger partial charge in [0.05, 0.1) is 17.9 Å². The smallest absolute Gasteiger partial charge is 0.248 e. The van der Waals surface area contributed by atoms with Gasteiger partial charge in [0, 0.05) is 16.8 Å². The fraction of sp³-hybridized carbons (Fsp3) is 0.200. The van der Waals surface area contributed by atoms with Gasteiger partial charge in [-0.05, 0) is 38.1 Å². The minimum absolute atomic E-state index is 0.0832. The molecule has 1 aromatic heterocycles. The molecule has 6 heteroatoms. The Kier molecular flexibility index (Phi) is 4.16. The number of anilines is 1. The summed E-state index contributed by atoms with van der Waals surface area (Å²) in [6.07, 6.45) is 1.11. The zero-order chi connectivity index (χ0) is 15.6. The minimum Gasteiger partial charge on any atom is -0.377 e. The second-order valence-electron chi connectivity index (χ2n) is 4.76. The molecule has 1 atom stereocenters. The van der Waals surface area contributed by atoms with E-state index in [0.717, 1.165) is 12.3 Å². The number of halogens is 2. The van der Waals surface area contributed by atoms with Crippen molar-refractivity contribution in [1.29, 1.82) is 0 Å². The minimum atomic E-state index is -0.704. The number of carbonyl (C=O) groups excluding carboxylic acids is 1. The van der Waals surface area contributed by atoms with Crippen LogP contribution in [0.3, 0.4) is 0 Å². The maximum absolute atomic E-state index is 13.8. The summed E-state index contributed by atoms with van der Waals surface area (Å²) in [6, 6.07) is 5.14. The molecule has 0 radical (unpaired) electrons. The molecule has 0 aliphatic carbocycles. The molecule has 4 nitrogen and oxygen atoms in total. The van der Waals surface area contributed by atoms with Gasteiger partial charge in [0.1, 0.15) is 11.6 Å². The Balaban J connectivity index is 2.30. The fourth-order valence-electron chi connectivity index (χ4n) is 1.92. The Hall–Kier alpha value is -2.50. The number of rotatable bonds is 4. The van der Waals surface area contributed by atoms with Crippen molar-refractivity contribution in [3.8, 4) is 0 Å². The van der Waals surface area contributed by atoms with Gasteiger partial charge in [0.2, 0.25) is 5.91 Å². The van der Waals surface area contributed by atoms with E-state index < -0.39 is 17.5 Å². The number of benzene rings is 1. The molecule has 0 saturated carbocycles. The summed E-state index contributed by atoms with van der Waals surface area (Å²) in [5, 5.41) is 3.05. The van der Waals surface area contributed by atoms with Gasteiger partial charge in [0.15, 0.2) is 0 Å². The lowest BCUT2D eigenvalue weighted by molar-refractivity contribution is 0.1000. The first-order valence-corrected chi connectivity index (χ1v) is 6.36. The first-order chi connectivity index (χ1) is 9.88. The summed E-state index contributed by atoms with van der Waals surface area (Å²) in [5.74, 6) is -1.65. The van der Waals surface area contributed by atoms with Gasteiger partial charge < -0.3 is 11.1 Å². The van der Waals surface area contributed by atoms with E-state index in [1.54, 1.807) is 13.8 Å². The monoisotopic (exact) mass is 291 g/mol. The van der Waals surface area contributed by atoms with Crippen LogP contribution in [0.25, 0.3) is 0 Å². The van der Waals surface area contributed by atoms with E-state index in [0.29, 0.717) is 16.9 Å². The van der Waals surface area contributed by atoms with Crippen molar-refractivity contribution in [3.63, 3.8) is 0 Å². The molecular formula is C15H15F2N3O. The van der Waals surface area contributed by atoms with E-state index in [-0.39, 0.29) is 11.6 Å². The second-order valence-corrected chi connectivity index (χ2v) is 4.76. The van der Waals surface area contributed by atoms with Crippen LogP contribution < -0.4 is 11.1 Å². The van der Waals surface area contributed by atoms with Gasteiger partial charge in [-0.15, -0.1) is 0 Å². The summed E-state index contributed by atoms with van der Waals surface area (Å²) in [4.78, 5) is 15.1. The molecule has 1 heterocycles. The van der Waals surface area contributed by atoms with Crippen molar-refractivity contribution >= 4 is 11.6 Å². The Morgan fingerprint density at radius 3 is 2.62 bits per heavy atom. The van der Waals surface area contributed by atoms with E-state index in [2.05, 4.69) is 10.3 Å². The van der Waals surface area contributed by atoms with Crippen LogP contribution in [-0.4, -0.2) is 10.9 Å². The van der Waals surface area contributed by atoms with Crippen LogP contribution in [0.4, 0.5) is 14.5 Å². The molecule has 21 heavy (non-hydrogen) atoms. The summed E-state index contributed by atoms with van der Waals surface area (Å²) >= 11 is 0. The molecule has 2 aromatic rings. The van der Waals surface area contributed by atoms with Crippen molar-refractivity contribution in [2.24, 2.45) is 5.73 Å². The normalized spacial score (nSPS) is 12.0. The summed E-state index contributed by atoms with van der Waals surface area (Å²) in [6.45, 7) is 3.39. The fourth-order valence-corrected chi connectivity index (χ4v) is 1.92. The average molecular weight is 291 g/mol. The molecular weight excluding hydrogens is 276 g/mol. The summed E-state index contributed by atoms with van der Waals surface area (Å²) in [7, 11) is 0. The number of nitrogens with two attached hydrogens (primary N) is 1. The predicted molar refractivity (Wildman–Crippen MR) is 75.9 cm³/mol. The quantitative estimate of drug-likeness (QED) is 0.910. The highest BCUT2D eigenvalue weighted by Crippen LogP contribution is 2.24. The van der Waals surface area contributed by atoms with E-state index >= 15 is 0 Å². The Bertz CT molecular complexity index is 671. The third-order valence-electron chi connectivity index (χ3n) is 3.19.